The van der Waals surface area contributed by atoms with Crippen molar-refractivity contribution in [3.05, 3.63) is 54.1 Å². The van der Waals surface area contributed by atoms with Crippen LogP contribution in [-0.4, -0.2) is 27.5 Å². The van der Waals surface area contributed by atoms with Crippen LogP contribution in [-0.2, 0) is 6.42 Å². The molecule has 4 rings (SSSR count). The number of hydrogen-bond acceptors (Lipinski definition) is 8. The molecule has 0 unspecified atom stereocenters. The highest BCUT2D eigenvalue weighted by molar-refractivity contribution is 5.60. The molecule has 2 aromatic carbocycles. The molecule has 0 saturated heterocycles. The zero-order valence-corrected chi connectivity index (χ0v) is 16.9. The minimum absolute atomic E-state index is 0.412. The Bertz CT molecular complexity index is 967. The number of anilines is 6. The summed E-state index contributed by atoms with van der Waals surface area (Å²) in [6.07, 6.45) is 5.61. The molecule has 0 radical (unpaired) electrons. The molecule has 30 heavy (non-hydrogen) atoms. The zero-order valence-electron chi connectivity index (χ0n) is 16.9. The van der Waals surface area contributed by atoms with Gasteiger partial charge in [0.1, 0.15) is 0 Å². The first-order chi connectivity index (χ1) is 14.6. The molecule has 8 nitrogen and oxygen atoms in total. The Morgan fingerprint density at radius 3 is 2.33 bits per heavy atom. The van der Waals surface area contributed by atoms with E-state index >= 15 is 0 Å². The minimum atomic E-state index is 0.412. The lowest BCUT2D eigenvalue weighted by molar-refractivity contribution is 0.742. The highest BCUT2D eigenvalue weighted by Gasteiger charge is 2.17. The van der Waals surface area contributed by atoms with Gasteiger partial charge in [-0.05, 0) is 55.2 Å². The predicted octanol–water partition coefficient (Wildman–Crippen LogP) is 3.79. The van der Waals surface area contributed by atoms with Gasteiger partial charge in [-0.1, -0.05) is 31.0 Å². The van der Waals surface area contributed by atoms with E-state index in [1.165, 1.54) is 18.4 Å². The fourth-order valence-electron chi connectivity index (χ4n) is 3.58. The lowest BCUT2D eigenvalue weighted by Crippen LogP contribution is -2.19. The topological polar surface area (TPSA) is 127 Å². The molecule has 0 amide bonds. The lowest BCUT2D eigenvalue weighted by atomic mass is 10.1. The SMILES string of the molecule is Nc1ccc(CCNc2nc(Nc3cccc(N)c3)nc(NC3CCCC3)n2)cc1. The van der Waals surface area contributed by atoms with E-state index in [0.29, 0.717) is 36.1 Å². The number of rotatable bonds is 8. The summed E-state index contributed by atoms with van der Waals surface area (Å²) in [7, 11) is 0. The summed E-state index contributed by atoms with van der Waals surface area (Å²) in [5.74, 6) is 1.59. The van der Waals surface area contributed by atoms with Crippen molar-refractivity contribution in [3.8, 4) is 0 Å². The van der Waals surface area contributed by atoms with Crippen molar-refractivity contribution in [2.75, 3.05) is 34.0 Å². The second kappa shape index (κ2) is 9.30. The van der Waals surface area contributed by atoms with E-state index in [-0.39, 0.29) is 0 Å². The van der Waals surface area contributed by atoms with Crippen LogP contribution in [0.15, 0.2) is 48.5 Å². The first-order valence-corrected chi connectivity index (χ1v) is 10.4. The maximum absolute atomic E-state index is 5.89. The van der Waals surface area contributed by atoms with E-state index in [4.69, 9.17) is 11.5 Å². The molecule has 1 aliphatic carbocycles. The minimum Gasteiger partial charge on any atom is -0.399 e. The Labute approximate surface area is 176 Å². The first-order valence-electron chi connectivity index (χ1n) is 10.4. The highest BCUT2D eigenvalue weighted by atomic mass is 15.3. The summed E-state index contributed by atoms with van der Waals surface area (Å²) in [4.78, 5) is 13.7. The Morgan fingerprint density at radius 1 is 0.833 bits per heavy atom. The second-order valence-corrected chi connectivity index (χ2v) is 7.60. The van der Waals surface area contributed by atoms with Gasteiger partial charge in [-0.3, -0.25) is 0 Å². The predicted molar refractivity (Wildman–Crippen MR) is 123 cm³/mol. The van der Waals surface area contributed by atoms with Gasteiger partial charge in [0.05, 0.1) is 0 Å². The standard InChI is InChI=1S/C22H28N8/c23-16-10-8-15(9-11-16)12-13-25-20-28-21(26-18-5-1-2-6-18)30-22(29-20)27-19-7-3-4-17(24)14-19/h3-4,7-11,14,18H,1-2,5-6,12-13,23-24H2,(H3,25,26,27,28,29,30). The molecule has 156 valence electrons. The smallest absolute Gasteiger partial charge is 0.233 e. The molecule has 7 N–H and O–H groups in total. The van der Waals surface area contributed by atoms with Gasteiger partial charge in [-0.15, -0.1) is 0 Å². The van der Waals surface area contributed by atoms with Crippen molar-refractivity contribution in [3.63, 3.8) is 0 Å². The van der Waals surface area contributed by atoms with Gasteiger partial charge in [0.15, 0.2) is 0 Å². The Morgan fingerprint density at radius 2 is 1.57 bits per heavy atom. The monoisotopic (exact) mass is 404 g/mol. The van der Waals surface area contributed by atoms with E-state index in [1.54, 1.807) is 0 Å². The number of nitrogens with one attached hydrogen (secondary N) is 3. The van der Waals surface area contributed by atoms with Gasteiger partial charge in [0.2, 0.25) is 17.8 Å². The van der Waals surface area contributed by atoms with Crippen LogP contribution >= 0.6 is 0 Å². The third-order valence-electron chi connectivity index (χ3n) is 5.14. The average Bonchev–Trinajstić information content (AvgIpc) is 3.22. The number of hydrogen-bond donors (Lipinski definition) is 5. The number of benzene rings is 2. The number of aromatic nitrogens is 3. The fourth-order valence-corrected chi connectivity index (χ4v) is 3.58. The third-order valence-corrected chi connectivity index (χ3v) is 5.14. The Hall–Kier alpha value is -3.55. The molecular weight excluding hydrogens is 376 g/mol. The molecule has 1 fully saturated rings. The quantitative estimate of drug-likeness (QED) is 0.359. The normalized spacial score (nSPS) is 13.9. The zero-order chi connectivity index (χ0) is 20.8. The van der Waals surface area contributed by atoms with Crippen molar-refractivity contribution >= 4 is 34.9 Å². The van der Waals surface area contributed by atoms with E-state index in [1.807, 2.05) is 48.5 Å². The number of nitrogen functional groups attached to an aromatic ring is 2. The van der Waals surface area contributed by atoms with Crippen LogP contribution in [0, 0.1) is 0 Å². The second-order valence-electron chi connectivity index (χ2n) is 7.60. The van der Waals surface area contributed by atoms with Crippen LogP contribution < -0.4 is 27.4 Å². The van der Waals surface area contributed by atoms with Crippen LogP contribution in [0.1, 0.15) is 31.2 Å². The van der Waals surface area contributed by atoms with Crippen LogP contribution in [0.5, 0.6) is 0 Å². The molecule has 1 heterocycles. The van der Waals surface area contributed by atoms with Crippen LogP contribution in [0.3, 0.4) is 0 Å². The van der Waals surface area contributed by atoms with Gasteiger partial charge in [-0.2, -0.15) is 15.0 Å². The van der Waals surface area contributed by atoms with Gasteiger partial charge in [0.25, 0.3) is 0 Å². The molecule has 1 aliphatic rings. The van der Waals surface area contributed by atoms with E-state index < -0.39 is 0 Å². The first kappa shape index (κ1) is 19.8. The number of nitrogens with zero attached hydrogens (tertiary/aromatic N) is 3. The summed E-state index contributed by atoms with van der Waals surface area (Å²) in [6, 6.07) is 15.8. The van der Waals surface area contributed by atoms with Crippen molar-refractivity contribution in [2.24, 2.45) is 0 Å². The van der Waals surface area contributed by atoms with Gasteiger partial charge in [-0.25, -0.2) is 0 Å². The molecule has 3 aromatic rings. The Balaban J connectivity index is 1.47. The van der Waals surface area contributed by atoms with E-state index in [2.05, 4.69) is 30.9 Å². The maximum Gasteiger partial charge on any atom is 0.233 e. The molecule has 0 atom stereocenters. The summed E-state index contributed by atoms with van der Waals surface area (Å²) >= 11 is 0. The molecule has 0 aliphatic heterocycles. The van der Waals surface area contributed by atoms with Gasteiger partial charge < -0.3 is 27.4 Å². The molecule has 1 aromatic heterocycles. The summed E-state index contributed by atoms with van der Waals surface area (Å²) in [5.41, 5.74) is 15.1. The van der Waals surface area contributed by atoms with Crippen LogP contribution in [0.25, 0.3) is 0 Å². The molecule has 8 heteroatoms. The Kier molecular flexibility index (Phi) is 6.12. The number of nitrogens with two attached hydrogens (primary N) is 2. The average molecular weight is 405 g/mol. The van der Waals surface area contributed by atoms with Crippen molar-refractivity contribution in [1.82, 2.24) is 15.0 Å². The largest absolute Gasteiger partial charge is 0.399 e. The summed E-state index contributed by atoms with van der Waals surface area (Å²) in [6.45, 7) is 0.703. The fraction of sp³-hybridized carbons (Fsp3) is 0.318. The summed E-state index contributed by atoms with van der Waals surface area (Å²) in [5, 5.41) is 9.99. The third kappa shape index (κ3) is 5.50. The van der Waals surface area contributed by atoms with Gasteiger partial charge in [0, 0.05) is 29.6 Å². The van der Waals surface area contributed by atoms with Crippen molar-refractivity contribution < 1.29 is 0 Å². The van der Waals surface area contributed by atoms with Crippen LogP contribution in [0.4, 0.5) is 34.9 Å². The van der Waals surface area contributed by atoms with Gasteiger partial charge >= 0.3 is 0 Å². The van der Waals surface area contributed by atoms with Crippen molar-refractivity contribution in [2.45, 2.75) is 38.1 Å². The molecule has 0 spiro atoms. The van der Waals surface area contributed by atoms with E-state index in [9.17, 15) is 0 Å². The van der Waals surface area contributed by atoms with Crippen molar-refractivity contribution in [1.29, 1.82) is 0 Å². The van der Waals surface area contributed by atoms with Crippen LogP contribution in [0.2, 0.25) is 0 Å². The summed E-state index contributed by atoms with van der Waals surface area (Å²) < 4.78 is 0. The lowest BCUT2D eigenvalue weighted by Gasteiger charge is -2.15. The molecule has 1 saturated carbocycles. The highest BCUT2D eigenvalue weighted by Crippen LogP contribution is 2.23. The van der Waals surface area contributed by atoms with E-state index in [0.717, 1.165) is 30.6 Å². The maximum atomic E-state index is 5.89. The molecular formula is C22H28N8. The molecule has 0 bridgehead atoms.